The summed E-state index contributed by atoms with van der Waals surface area (Å²) >= 11 is 9.01. The van der Waals surface area contributed by atoms with Crippen LogP contribution in [-0.4, -0.2) is 142 Å². The number of benzene rings is 2. The Balaban J connectivity index is 0.00000446. The number of hydrogen-bond acceptors (Lipinski definition) is 12. The molecule has 5 amide bonds. The number of halogens is 2. The monoisotopic (exact) mass is 1110 g/mol. The molecule has 0 radical (unpaired) electrons. The number of hydrogen-bond donors (Lipinski definition) is 6. The Kier molecular flexibility index (Phi) is 20.3. The number of amides is 5. The van der Waals surface area contributed by atoms with Gasteiger partial charge in [0.1, 0.15) is 37.4 Å². The van der Waals surface area contributed by atoms with Gasteiger partial charge in [-0.25, -0.2) is 0 Å². The molecule has 0 bridgehead atoms. The molecular weight excluding hydrogens is 1040 g/mol. The van der Waals surface area contributed by atoms with E-state index in [1.807, 2.05) is 70.3 Å². The molecule has 15 nitrogen and oxygen atoms in total. The molecule has 6 aliphatic rings. The zero-order chi connectivity index (χ0) is 51.5. The van der Waals surface area contributed by atoms with Crippen molar-refractivity contribution in [2.75, 3.05) is 38.8 Å². The van der Waals surface area contributed by atoms with Crippen molar-refractivity contribution in [1.29, 1.82) is 0 Å². The SMILES string of the molecule is CN[C@@H](C)C(=O)N[C@H]1CCS[C@H]2CC(C)(C)[C@@H](C(=O)N[C@H]3c4ccccc4C[C@H]3OCC#CC#CCO[C@@H]3Cc4ccccc4[C@@H]3NC(=O)C3N4C(=O)C(NC(=S)[C@H](C)NC)CCSC4CC3(C)C)N2C1=O.Cl.Cl. The number of rotatable bonds is 14. The van der Waals surface area contributed by atoms with E-state index in [2.05, 4.69) is 75.5 Å². The minimum absolute atomic E-state index is 0. The molecule has 2 aromatic carbocycles. The fourth-order valence-electron chi connectivity index (χ4n) is 11.2. The highest BCUT2D eigenvalue weighted by Crippen LogP contribution is 2.48. The molecule has 6 N–H and O–H groups in total. The number of thioether (sulfide) groups is 2. The summed E-state index contributed by atoms with van der Waals surface area (Å²) in [4.78, 5) is 74.5. The Bertz CT molecular complexity index is 2380. The number of nitrogens with one attached hydrogen (secondary N) is 6. The number of nitrogens with zero attached hydrogens (tertiary/aromatic N) is 2. The summed E-state index contributed by atoms with van der Waals surface area (Å²) in [5.74, 6) is 12.2. The maximum absolute atomic E-state index is 14.6. The molecular formula is C54H72Cl2N8O7S3. The molecule has 4 heterocycles. The van der Waals surface area contributed by atoms with E-state index in [0.29, 0.717) is 49.3 Å². The Labute approximate surface area is 463 Å². The predicted octanol–water partition coefficient (Wildman–Crippen LogP) is 4.60. The molecule has 0 saturated carbocycles. The maximum Gasteiger partial charge on any atom is 0.246 e. The molecule has 0 spiro atoms. The van der Waals surface area contributed by atoms with Crippen molar-refractivity contribution >= 4 is 95.1 Å². The van der Waals surface area contributed by atoms with E-state index >= 15 is 0 Å². The van der Waals surface area contributed by atoms with Crippen molar-refractivity contribution in [1.82, 2.24) is 41.7 Å². The van der Waals surface area contributed by atoms with Crippen LogP contribution in [0.5, 0.6) is 0 Å². The molecule has 0 aromatic heterocycles. The highest BCUT2D eigenvalue weighted by atomic mass is 35.5. The number of likely N-dealkylation sites (N-methyl/N-ethyl adjacent to an activating group) is 2. The standard InChI is InChI=1S/C54H70N8O7S3.2ClH/c1-31(55-7)47(63)57-37-21-25-71-41-29-53(3,4)45(61(41)51(37)66)48(64)59-43-35-19-13-11-17-33(35)27-39(43)68-23-15-9-10-16-24-69-40-28-34-18-12-14-20-36(34)44(40)60-49(65)46-54(5,6)30-42-62(46)52(67)38(22-26-72-42)58-50(70)32(2)56-8;;/h11-14,17-20,31-32,37-46,55-56H,21-30H2,1-8H3,(H,57,63)(H,58,70)(H,59,64)(H,60,65);2*1H/t31-,32-,37-,38?,39+,40+,41-,42?,43-,44-,45+,46?;;/m0../s1. The van der Waals surface area contributed by atoms with Crippen molar-refractivity contribution in [2.45, 2.75) is 151 Å². The molecule has 2 aromatic rings. The number of fused-ring (bicyclic) bond motifs is 4. The summed E-state index contributed by atoms with van der Waals surface area (Å²) in [5.41, 5.74) is 3.11. The second-order valence-corrected chi connectivity index (χ2v) is 24.1. The second-order valence-electron chi connectivity index (χ2n) is 21.1. The third-order valence-electron chi connectivity index (χ3n) is 15.3. The average Bonchev–Trinajstić information content (AvgIpc) is 3.99. The lowest BCUT2D eigenvalue weighted by Gasteiger charge is -2.35. The number of ether oxygens (including phenoxy) is 2. The van der Waals surface area contributed by atoms with Gasteiger partial charge in [-0.05, 0) is 110 Å². The molecule has 4 fully saturated rings. The van der Waals surface area contributed by atoms with E-state index in [9.17, 15) is 24.0 Å². The summed E-state index contributed by atoms with van der Waals surface area (Å²) in [5, 5.41) is 18.6. The topological polar surface area (TPSA) is 182 Å². The van der Waals surface area contributed by atoms with Gasteiger partial charge in [0.05, 0.1) is 52.1 Å². The molecule has 12 atom stereocenters. The zero-order valence-electron chi connectivity index (χ0n) is 43.4. The summed E-state index contributed by atoms with van der Waals surface area (Å²) in [6, 6.07) is 11.8. The van der Waals surface area contributed by atoms with Crippen LogP contribution in [0.3, 0.4) is 0 Å². The van der Waals surface area contributed by atoms with Gasteiger partial charge in [0.15, 0.2) is 0 Å². The van der Waals surface area contributed by atoms with Crippen LogP contribution >= 0.6 is 60.6 Å². The Morgan fingerprint density at radius 2 is 1.09 bits per heavy atom. The first kappa shape index (κ1) is 59.2. The van der Waals surface area contributed by atoms with Gasteiger partial charge in [0.25, 0.3) is 0 Å². The number of carbonyl (C=O) groups excluding carboxylic acids is 5. The normalized spacial score (nSPS) is 28.8. The van der Waals surface area contributed by atoms with E-state index < -0.39 is 59.2 Å². The third-order valence-corrected chi connectivity index (χ3v) is 18.3. The third kappa shape index (κ3) is 12.7. The predicted molar refractivity (Wildman–Crippen MR) is 300 cm³/mol. The Morgan fingerprint density at radius 1 is 0.676 bits per heavy atom. The van der Waals surface area contributed by atoms with Crippen LogP contribution in [-0.2, 0) is 46.3 Å². The first-order valence-electron chi connectivity index (χ1n) is 25.2. The van der Waals surface area contributed by atoms with E-state index in [1.54, 1.807) is 47.3 Å². The largest absolute Gasteiger partial charge is 0.367 e. The first-order valence-corrected chi connectivity index (χ1v) is 27.7. The fourth-order valence-corrected chi connectivity index (χ4v) is 14.7. The summed E-state index contributed by atoms with van der Waals surface area (Å²) < 4.78 is 12.7. The number of thiocarbonyl (C=S) groups is 1. The lowest BCUT2D eigenvalue weighted by atomic mass is 9.83. The van der Waals surface area contributed by atoms with E-state index in [1.165, 1.54) is 0 Å². The quantitative estimate of drug-likeness (QED) is 0.114. The summed E-state index contributed by atoms with van der Waals surface area (Å²) in [7, 11) is 3.53. The van der Waals surface area contributed by atoms with E-state index in [0.717, 1.165) is 28.0 Å². The Hall–Kier alpha value is -4.08. The van der Waals surface area contributed by atoms with E-state index in [4.69, 9.17) is 21.7 Å². The zero-order valence-corrected chi connectivity index (χ0v) is 47.5. The molecule has 2 aliphatic carbocycles. The van der Waals surface area contributed by atoms with Crippen LogP contribution in [0.1, 0.15) is 102 Å². The summed E-state index contributed by atoms with van der Waals surface area (Å²) in [6.45, 7) is 12.0. The first-order chi connectivity index (χ1) is 34.4. The Morgan fingerprint density at radius 3 is 1.53 bits per heavy atom. The maximum atomic E-state index is 14.6. The van der Waals surface area contributed by atoms with Crippen molar-refractivity contribution in [3.63, 3.8) is 0 Å². The fraction of sp³-hybridized carbons (Fsp3) is 0.593. The van der Waals surface area contributed by atoms with Crippen LogP contribution < -0.4 is 31.9 Å². The molecule has 402 valence electrons. The van der Waals surface area contributed by atoms with Crippen LogP contribution in [0.2, 0.25) is 0 Å². The van der Waals surface area contributed by atoms with Crippen LogP contribution in [0, 0.1) is 34.5 Å². The molecule has 74 heavy (non-hydrogen) atoms. The van der Waals surface area contributed by atoms with Gasteiger partial charge in [-0.15, -0.1) is 48.3 Å². The van der Waals surface area contributed by atoms with Crippen LogP contribution in [0.4, 0.5) is 0 Å². The highest BCUT2D eigenvalue weighted by molar-refractivity contribution is 8.00. The van der Waals surface area contributed by atoms with Crippen molar-refractivity contribution < 1.29 is 33.4 Å². The van der Waals surface area contributed by atoms with Crippen LogP contribution in [0.15, 0.2) is 48.5 Å². The molecule has 20 heteroatoms. The van der Waals surface area contributed by atoms with Crippen molar-refractivity contribution in [3.05, 3.63) is 70.8 Å². The van der Waals surface area contributed by atoms with Gasteiger partial charge < -0.3 is 51.2 Å². The smallest absolute Gasteiger partial charge is 0.246 e. The molecule has 3 unspecified atom stereocenters. The van der Waals surface area contributed by atoms with Gasteiger partial charge in [0, 0.05) is 12.8 Å². The van der Waals surface area contributed by atoms with Gasteiger partial charge in [0.2, 0.25) is 29.5 Å². The minimum Gasteiger partial charge on any atom is -0.367 e. The van der Waals surface area contributed by atoms with Crippen molar-refractivity contribution in [2.24, 2.45) is 10.8 Å². The average molecular weight is 1110 g/mol. The van der Waals surface area contributed by atoms with Gasteiger partial charge in [-0.1, -0.05) is 100 Å². The van der Waals surface area contributed by atoms with Gasteiger partial charge in [-0.3, -0.25) is 24.0 Å². The second kappa shape index (κ2) is 25.4. The molecule has 8 rings (SSSR count). The van der Waals surface area contributed by atoms with E-state index in [-0.39, 0.29) is 90.5 Å². The lowest BCUT2D eigenvalue weighted by molar-refractivity contribution is -0.144. The molecule has 4 aliphatic heterocycles. The van der Waals surface area contributed by atoms with Crippen LogP contribution in [0.25, 0.3) is 0 Å². The van der Waals surface area contributed by atoms with Gasteiger partial charge >= 0.3 is 0 Å². The summed E-state index contributed by atoms with van der Waals surface area (Å²) in [6.07, 6.45) is 2.83. The van der Waals surface area contributed by atoms with Gasteiger partial charge in [-0.2, -0.15) is 0 Å². The minimum atomic E-state index is -0.748. The number of carbonyl (C=O) groups is 5. The molecule has 4 saturated heterocycles. The lowest BCUT2D eigenvalue weighted by Crippen LogP contribution is -2.58. The van der Waals surface area contributed by atoms with Crippen molar-refractivity contribution in [3.8, 4) is 23.7 Å². The highest BCUT2D eigenvalue weighted by Gasteiger charge is 2.57.